The van der Waals surface area contributed by atoms with Crippen molar-refractivity contribution in [2.45, 2.75) is 33.0 Å². The summed E-state index contributed by atoms with van der Waals surface area (Å²) in [5, 5.41) is 2.85. The third-order valence-corrected chi connectivity index (χ3v) is 5.02. The van der Waals surface area contributed by atoms with Crippen LogP contribution in [0.1, 0.15) is 40.1 Å². The molecule has 3 rings (SSSR count). The summed E-state index contributed by atoms with van der Waals surface area (Å²) >= 11 is 0. The molecule has 0 bridgehead atoms. The number of hydrogen-bond donors (Lipinski definition) is 1. The Morgan fingerprint density at radius 1 is 1.24 bits per heavy atom. The SMILES string of the molecule is COCCn1cncc1CNC(=O)c1c(C)ccn(C(C)c2ccccc2)c1=O. The van der Waals surface area contributed by atoms with E-state index >= 15 is 0 Å². The van der Waals surface area contributed by atoms with Gasteiger partial charge in [-0.2, -0.15) is 0 Å². The van der Waals surface area contributed by atoms with Crippen molar-refractivity contribution in [1.82, 2.24) is 19.4 Å². The first-order valence-electron chi connectivity index (χ1n) is 9.55. The predicted molar refractivity (Wildman–Crippen MR) is 111 cm³/mol. The molecular weight excluding hydrogens is 368 g/mol. The van der Waals surface area contributed by atoms with E-state index in [0.717, 1.165) is 11.3 Å². The number of carbonyl (C=O) groups is 1. The van der Waals surface area contributed by atoms with Gasteiger partial charge >= 0.3 is 0 Å². The van der Waals surface area contributed by atoms with Crippen LogP contribution in [0.15, 0.2) is 59.9 Å². The van der Waals surface area contributed by atoms with E-state index in [2.05, 4.69) is 10.3 Å². The van der Waals surface area contributed by atoms with Gasteiger partial charge < -0.3 is 19.2 Å². The molecule has 1 aromatic carbocycles. The van der Waals surface area contributed by atoms with Crippen LogP contribution >= 0.6 is 0 Å². The molecule has 7 heteroatoms. The number of nitrogens with one attached hydrogen (secondary N) is 1. The summed E-state index contributed by atoms with van der Waals surface area (Å²) in [6.45, 7) is 5.20. The van der Waals surface area contributed by atoms with Crippen LogP contribution in [0.25, 0.3) is 0 Å². The van der Waals surface area contributed by atoms with Gasteiger partial charge in [-0.1, -0.05) is 30.3 Å². The molecule has 0 fully saturated rings. The Balaban J connectivity index is 1.81. The number of benzene rings is 1. The van der Waals surface area contributed by atoms with Crippen LogP contribution in [-0.2, 0) is 17.8 Å². The Morgan fingerprint density at radius 3 is 2.72 bits per heavy atom. The molecule has 2 heterocycles. The fourth-order valence-electron chi connectivity index (χ4n) is 3.26. The molecular formula is C22H26N4O3. The third kappa shape index (κ3) is 4.63. The van der Waals surface area contributed by atoms with E-state index in [0.29, 0.717) is 18.7 Å². The molecule has 0 saturated heterocycles. The number of imidazole rings is 1. The first-order chi connectivity index (χ1) is 14.0. The third-order valence-electron chi connectivity index (χ3n) is 5.02. The van der Waals surface area contributed by atoms with Gasteiger partial charge in [0.25, 0.3) is 11.5 Å². The Bertz CT molecular complexity index is 1020. The van der Waals surface area contributed by atoms with Crippen molar-refractivity contribution in [3.8, 4) is 0 Å². The molecule has 0 radical (unpaired) electrons. The van der Waals surface area contributed by atoms with E-state index in [1.54, 1.807) is 43.4 Å². The van der Waals surface area contributed by atoms with Crippen molar-refractivity contribution >= 4 is 5.91 Å². The number of aryl methyl sites for hydroxylation is 1. The lowest BCUT2D eigenvalue weighted by Gasteiger charge is -2.18. The lowest BCUT2D eigenvalue weighted by Crippen LogP contribution is -2.35. The maximum absolute atomic E-state index is 13.1. The number of amides is 1. The molecule has 1 amide bonds. The van der Waals surface area contributed by atoms with Crippen molar-refractivity contribution in [2.24, 2.45) is 0 Å². The minimum atomic E-state index is -0.387. The van der Waals surface area contributed by atoms with Gasteiger partial charge in [-0.15, -0.1) is 0 Å². The summed E-state index contributed by atoms with van der Waals surface area (Å²) in [6, 6.07) is 11.4. The van der Waals surface area contributed by atoms with Gasteiger partial charge in [-0.3, -0.25) is 9.59 Å². The molecule has 0 spiro atoms. The molecule has 29 heavy (non-hydrogen) atoms. The summed E-state index contributed by atoms with van der Waals surface area (Å²) in [4.78, 5) is 30.0. The standard InChI is InChI=1S/C22H26N4O3/c1-16-9-10-26(17(2)18-7-5-4-6-8-18)22(28)20(16)21(27)24-14-19-13-23-15-25(19)11-12-29-3/h4-10,13,15,17H,11-12,14H2,1-3H3,(H,24,27). The average molecular weight is 394 g/mol. The van der Waals surface area contributed by atoms with Crippen LogP contribution in [-0.4, -0.2) is 33.7 Å². The van der Waals surface area contributed by atoms with Gasteiger partial charge in [0.05, 0.1) is 31.2 Å². The molecule has 3 aromatic rings. The van der Waals surface area contributed by atoms with Crippen molar-refractivity contribution in [1.29, 1.82) is 0 Å². The van der Waals surface area contributed by atoms with E-state index in [-0.39, 0.29) is 29.6 Å². The van der Waals surface area contributed by atoms with Gasteiger partial charge in [-0.25, -0.2) is 4.98 Å². The van der Waals surface area contributed by atoms with E-state index in [1.807, 2.05) is 41.8 Å². The molecule has 0 aliphatic rings. The Kier molecular flexibility index (Phi) is 6.61. The second kappa shape index (κ2) is 9.34. The van der Waals surface area contributed by atoms with Crippen LogP contribution in [0.3, 0.4) is 0 Å². The van der Waals surface area contributed by atoms with Crippen LogP contribution < -0.4 is 10.9 Å². The zero-order valence-electron chi connectivity index (χ0n) is 17.0. The number of hydrogen-bond acceptors (Lipinski definition) is 4. The normalized spacial score (nSPS) is 12.0. The van der Waals surface area contributed by atoms with Gasteiger partial charge in [0.1, 0.15) is 5.56 Å². The molecule has 0 saturated carbocycles. The number of nitrogens with zero attached hydrogens (tertiary/aromatic N) is 3. The minimum absolute atomic E-state index is 0.165. The van der Waals surface area contributed by atoms with E-state index in [1.165, 1.54) is 0 Å². The number of ether oxygens (including phenoxy) is 1. The monoisotopic (exact) mass is 394 g/mol. The average Bonchev–Trinajstić information content (AvgIpc) is 3.18. The molecule has 1 N–H and O–H groups in total. The Hall–Kier alpha value is -3.19. The maximum atomic E-state index is 13.1. The fraction of sp³-hybridized carbons (Fsp3) is 0.318. The number of rotatable bonds is 8. The first-order valence-corrected chi connectivity index (χ1v) is 9.55. The highest BCUT2D eigenvalue weighted by atomic mass is 16.5. The van der Waals surface area contributed by atoms with Crippen molar-refractivity contribution in [2.75, 3.05) is 13.7 Å². The zero-order valence-corrected chi connectivity index (χ0v) is 17.0. The number of aromatic nitrogens is 3. The summed E-state index contributed by atoms with van der Waals surface area (Å²) in [6.07, 6.45) is 5.14. The van der Waals surface area contributed by atoms with Gasteiger partial charge in [0, 0.05) is 26.0 Å². The highest BCUT2D eigenvalue weighted by Crippen LogP contribution is 2.16. The lowest BCUT2D eigenvalue weighted by atomic mass is 10.1. The summed E-state index contributed by atoms with van der Waals surface area (Å²) in [7, 11) is 1.64. The highest BCUT2D eigenvalue weighted by Gasteiger charge is 2.19. The summed E-state index contributed by atoms with van der Waals surface area (Å²) in [5.41, 5.74) is 2.37. The maximum Gasteiger partial charge on any atom is 0.264 e. The van der Waals surface area contributed by atoms with E-state index in [4.69, 9.17) is 4.74 Å². The lowest BCUT2D eigenvalue weighted by molar-refractivity contribution is 0.0947. The Morgan fingerprint density at radius 2 is 2.00 bits per heavy atom. The first kappa shape index (κ1) is 20.5. The molecule has 152 valence electrons. The van der Waals surface area contributed by atoms with E-state index < -0.39 is 0 Å². The van der Waals surface area contributed by atoms with Crippen LogP contribution in [0.2, 0.25) is 0 Å². The number of methoxy groups -OCH3 is 1. The number of pyridine rings is 1. The molecule has 0 aliphatic heterocycles. The van der Waals surface area contributed by atoms with Gasteiger partial charge in [-0.05, 0) is 31.0 Å². The van der Waals surface area contributed by atoms with Crippen molar-refractivity contribution < 1.29 is 9.53 Å². The van der Waals surface area contributed by atoms with Crippen LogP contribution in [0, 0.1) is 6.92 Å². The second-order valence-electron chi connectivity index (χ2n) is 6.93. The second-order valence-corrected chi connectivity index (χ2v) is 6.93. The topological polar surface area (TPSA) is 78.2 Å². The van der Waals surface area contributed by atoms with Crippen LogP contribution in [0.5, 0.6) is 0 Å². The molecule has 2 aromatic heterocycles. The highest BCUT2D eigenvalue weighted by molar-refractivity contribution is 5.95. The largest absolute Gasteiger partial charge is 0.383 e. The van der Waals surface area contributed by atoms with Crippen molar-refractivity contribution in [3.63, 3.8) is 0 Å². The molecule has 0 aliphatic carbocycles. The predicted octanol–water partition coefficient (Wildman–Crippen LogP) is 2.54. The minimum Gasteiger partial charge on any atom is -0.383 e. The zero-order chi connectivity index (χ0) is 20.8. The Labute approximate surface area is 170 Å². The summed E-state index contributed by atoms with van der Waals surface area (Å²) in [5.74, 6) is -0.387. The smallest absolute Gasteiger partial charge is 0.264 e. The number of carbonyl (C=O) groups excluding carboxylic acids is 1. The van der Waals surface area contributed by atoms with Gasteiger partial charge in [0.2, 0.25) is 0 Å². The quantitative estimate of drug-likeness (QED) is 0.637. The fourth-order valence-corrected chi connectivity index (χ4v) is 3.26. The van der Waals surface area contributed by atoms with Gasteiger partial charge in [0.15, 0.2) is 0 Å². The molecule has 7 nitrogen and oxygen atoms in total. The summed E-state index contributed by atoms with van der Waals surface area (Å²) < 4.78 is 8.60. The van der Waals surface area contributed by atoms with Crippen molar-refractivity contribution in [3.05, 3.63) is 87.9 Å². The molecule has 1 unspecified atom stereocenters. The van der Waals surface area contributed by atoms with Crippen LogP contribution in [0.4, 0.5) is 0 Å². The molecule has 1 atom stereocenters. The van der Waals surface area contributed by atoms with E-state index in [9.17, 15) is 9.59 Å².